The lowest BCUT2D eigenvalue weighted by Crippen LogP contribution is -2.29. The molecule has 0 amide bonds. The summed E-state index contributed by atoms with van der Waals surface area (Å²) in [5, 5.41) is 14.0. The SMILES string of the molecule is CC1(C)Oc2ccc(NCc3ccc([N+](=O)[O-])s3)cc2O1. The van der Waals surface area contributed by atoms with Gasteiger partial charge in [0.15, 0.2) is 11.5 Å². The molecule has 110 valence electrons. The number of nitrogens with zero attached hydrogens (tertiary/aromatic N) is 1. The normalized spacial score (nSPS) is 15.0. The van der Waals surface area contributed by atoms with Gasteiger partial charge in [0.25, 0.3) is 0 Å². The number of ether oxygens (including phenoxy) is 2. The van der Waals surface area contributed by atoms with Crippen LogP contribution in [-0.2, 0) is 6.54 Å². The summed E-state index contributed by atoms with van der Waals surface area (Å²) in [6, 6.07) is 8.89. The standard InChI is InChI=1S/C14H14N2O4S/c1-14(2)19-11-5-3-9(7-12(11)20-14)15-8-10-4-6-13(21-10)16(17)18/h3-7,15H,8H2,1-2H3. The van der Waals surface area contributed by atoms with Gasteiger partial charge in [0.2, 0.25) is 5.79 Å². The van der Waals surface area contributed by atoms with E-state index in [1.807, 2.05) is 32.0 Å². The number of hydrogen-bond donors (Lipinski definition) is 1. The van der Waals surface area contributed by atoms with Crippen molar-refractivity contribution in [1.29, 1.82) is 0 Å². The maximum atomic E-state index is 10.6. The van der Waals surface area contributed by atoms with Crippen LogP contribution < -0.4 is 14.8 Å². The first-order valence-corrected chi connectivity index (χ1v) is 7.24. The van der Waals surface area contributed by atoms with Crippen molar-refractivity contribution in [3.8, 4) is 11.5 Å². The van der Waals surface area contributed by atoms with Crippen LogP contribution >= 0.6 is 11.3 Å². The lowest BCUT2D eigenvalue weighted by molar-refractivity contribution is -0.380. The molecule has 6 nitrogen and oxygen atoms in total. The zero-order valence-corrected chi connectivity index (χ0v) is 12.4. The van der Waals surface area contributed by atoms with E-state index in [0.717, 1.165) is 16.3 Å². The van der Waals surface area contributed by atoms with Crippen molar-refractivity contribution in [2.45, 2.75) is 26.2 Å². The number of benzene rings is 1. The fraction of sp³-hybridized carbons (Fsp3) is 0.286. The van der Waals surface area contributed by atoms with Gasteiger partial charge in [-0.05, 0) is 18.2 Å². The fourth-order valence-electron chi connectivity index (χ4n) is 2.08. The lowest BCUT2D eigenvalue weighted by atomic mass is 10.2. The molecule has 0 unspecified atom stereocenters. The van der Waals surface area contributed by atoms with Crippen molar-refractivity contribution in [1.82, 2.24) is 0 Å². The minimum Gasteiger partial charge on any atom is -0.449 e. The molecular weight excluding hydrogens is 292 g/mol. The summed E-state index contributed by atoms with van der Waals surface area (Å²) in [6.45, 7) is 4.23. The number of nitrogens with one attached hydrogen (secondary N) is 1. The van der Waals surface area contributed by atoms with E-state index in [2.05, 4.69) is 5.32 Å². The number of hydrogen-bond acceptors (Lipinski definition) is 6. The van der Waals surface area contributed by atoms with Gasteiger partial charge in [0, 0.05) is 43.1 Å². The molecule has 1 aliphatic heterocycles. The van der Waals surface area contributed by atoms with Crippen LogP contribution in [0.4, 0.5) is 10.7 Å². The maximum absolute atomic E-state index is 10.6. The summed E-state index contributed by atoms with van der Waals surface area (Å²) < 4.78 is 11.3. The van der Waals surface area contributed by atoms with Gasteiger partial charge in [-0.25, -0.2) is 0 Å². The second-order valence-corrected chi connectivity index (χ2v) is 6.26. The van der Waals surface area contributed by atoms with E-state index in [1.54, 1.807) is 6.07 Å². The van der Waals surface area contributed by atoms with Crippen molar-refractivity contribution in [2.24, 2.45) is 0 Å². The monoisotopic (exact) mass is 306 g/mol. The number of fused-ring (bicyclic) bond motifs is 1. The molecule has 2 aromatic rings. The molecule has 0 atom stereocenters. The summed E-state index contributed by atoms with van der Waals surface area (Å²) >= 11 is 1.17. The Bertz CT molecular complexity index is 696. The van der Waals surface area contributed by atoms with Gasteiger partial charge in [-0.3, -0.25) is 10.1 Å². The summed E-state index contributed by atoms with van der Waals surface area (Å²) in [4.78, 5) is 11.2. The minimum absolute atomic E-state index is 0.152. The number of thiophene rings is 1. The first kappa shape index (κ1) is 13.7. The van der Waals surface area contributed by atoms with Gasteiger partial charge in [-0.1, -0.05) is 11.3 Å². The van der Waals surface area contributed by atoms with Crippen molar-refractivity contribution < 1.29 is 14.4 Å². The molecule has 0 saturated carbocycles. The molecule has 0 fully saturated rings. The van der Waals surface area contributed by atoms with E-state index < -0.39 is 5.79 Å². The molecule has 7 heteroatoms. The van der Waals surface area contributed by atoms with E-state index in [1.165, 1.54) is 17.4 Å². The van der Waals surface area contributed by atoms with Gasteiger partial charge in [0.05, 0.1) is 4.92 Å². The Kier molecular flexibility index (Phi) is 3.21. The highest BCUT2D eigenvalue weighted by molar-refractivity contribution is 7.15. The molecule has 0 aliphatic carbocycles. The molecule has 0 radical (unpaired) electrons. The molecule has 21 heavy (non-hydrogen) atoms. The average Bonchev–Trinajstić information content (AvgIpc) is 2.98. The summed E-state index contributed by atoms with van der Waals surface area (Å²) in [5.74, 6) is 0.773. The average molecular weight is 306 g/mol. The summed E-state index contributed by atoms with van der Waals surface area (Å²) in [7, 11) is 0. The number of rotatable bonds is 4. The molecule has 1 aromatic carbocycles. The second-order valence-electron chi connectivity index (χ2n) is 5.12. The Morgan fingerprint density at radius 3 is 2.71 bits per heavy atom. The van der Waals surface area contributed by atoms with Crippen LogP contribution in [-0.4, -0.2) is 10.7 Å². The van der Waals surface area contributed by atoms with E-state index in [4.69, 9.17) is 9.47 Å². The highest BCUT2D eigenvalue weighted by atomic mass is 32.1. The van der Waals surface area contributed by atoms with E-state index in [9.17, 15) is 10.1 Å². The highest BCUT2D eigenvalue weighted by Crippen LogP contribution is 2.40. The molecular formula is C14H14N2O4S. The predicted molar refractivity (Wildman–Crippen MR) is 80.1 cm³/mol. The number of anilines is 1. The van der Waals surface area contributed by atoms with E-state index in [0.29, 0.717) is 12.3 Å². The molecule has 0 bridgehead atoms. The Balaban J connectivity index is 1.68. The molecule has 0 saturated heterocycles. The van der Waals surface area contributed by atoms with Crippen LogP contribution in [0.15, 0.2) is 30.3 Å². The second kappa shape index (κ2) is 4.92. The third kappa shape index (κ3) is 2.92. The van der Waals surface area contributed by atoms with Gasteiger partial charge in [-0.15, -0.1) is 0 Å². The Hall–Kier alpha value is -2.28. The van der Waals surface area contributed by atoms with Crippen LogP contribution in [0, 0.1) is 10.1 Å². The zero-order valence-electron chi connectivity index (χ0n) is 11.6. The molecule has 1 N–H and O–H groups in total. The zero-order chi connectivity index (χ0) is 15.0. The van der Waals surface area contributed by atoms with Crippen molar-refractivity contribution in [3.05, 3.63) is 45.3 Å². The van der Waals surface area contributed by atoms with Crippen LogP contribution in [0.5, 0.6) is 11.5 Å². The Morgan fingerprint density at radius 1 is 1.24 bits per heavy atom. The molecule has 3 rings (SSSR count). The summed E-state index contributed by atoms with van der Waals surface area (Å²) in [5.41, 5.74) is 0.881. The number of nitro groups is 1. The lowest BCUT2D eigenvalue weighted by Gasteiger charge is -2.16. The van der Waals surface area contributed by atoms with Crippen molar-refractivity contribution in [2.75, 3.05) is 5.32 Å². The van der Waals surface area contributed by atoms with Gasteiger partial charge in [-0.2, -0.15) is 0 Å². The third-order valence-corrected chi connectivity index (χ3v) is 3.99. The van der Waals surface area contributed by atoms with Crippen molar-refractivity contribution >= 4 is 22.0 Å². The fourth-order valence-corrected chi connectivity index (χ4v) is 2.84. The minimum atomic E-state index is -0.644. The quantitative estimate of drug-likeness (QED) is 0.687. The third-order valence-electron chi connectivity index (χ3n) is 2.95. The predicted octanol–water partition coefficient (Wildman–Crippen LogP) is 3.78. The molecule has 1 aliphatic rings. The van der Waals surface area contributed by atoms with Crippen LogP contribution in [0.1, 0.15) is 18.7 Å². The summed E-state index contributed by atoms with van der Waals surface area (Å²) in [6.07, 6.45) is 0. The smallest absolute Gasteiger partial charge is 0.324 e. The Morgan fingerprint density at radius 2 is 2.00 bits per heavy atom. The van der Waals surface area contributed by atoms with E-state index >= 15 is 0 Å². The van der Waals surface area contributed by atoms with Gasteiger partial charge in [0.1, 0.15) is 0 Å². The van der Waals surface area contributed by atoms with Crippen molar-refractivity contribution in [3.63, 3.8) is 0 Å². The highest BCUT2D eigenvalue weighted by Gasteiger charge is 2.31. The first-order chi connectivity index (χ1) is 9.93. The van der Waals surface area contributed by atoms with E-state index in [-0.39, 0.29) is 9.92 Å². The van der Waals surface area contributed by atoms with Crippen LogP contribution in [0.2, 0.25) is 0 Å². The van der Waals surface area contributed by atoms with Gasteiger partial charge >= 0.3 is 5.00 Å². The molecule has 0 spiro atoms. The van der Waals surface area contributed by atoms with Crippen LogP contribution in [0.25, 0.3) is 0 Å². The molecule has 2 heterocycles. The largest absolute Gasteiger partial charge is 0.449 e. The maximum Gasteiger partial charge on any atom is 0.324 e. The van der Waals surface area contributed by atoms with Gasteiger partial charge < -0.3 is 14.8 Å². The topological polar surface area (TPSA) is 73.6 Å². The Labute approximate surface area is 125 Å². The molecule has 1 aromatic heterocycles. The first-order valence-electron chi connectivity index (χ1n) is 6.42. The van der Waals surface area contributed by atoms with Crippen LogP contribution in [0.3, 0.4) is 0 Å².